The Bertz CT molecular complexity index is 386. The number of hydrogen-bond donors (Lipinski definition) is 1. The topological polar surface area (TPSA) is 15.3 Å². The van der Waals surface area contributed by atoms with E-state index in [-0.39, 0.29) is 24.8 Å². The first-order chi connectivity index (χ1) is 8.58. The average molecular weight is 319 g/mol. The van der Waals surface area contributed by atoms with E-state index in [0.29, 0.717) is 18.1 Å². The van der Waals surface area contributed by atoms with Gasteiger partial charge in [0.05, 0.1) is 0 Å². The van der Waals surface area contributed by atoms with Crippen molar-refractivity contribution in [3.8, 4) is 0 Å². The molecule has 0 radical (unpaired) electrons. The number of hydrogen-bond acceptors (Lipinski definition) is 2. The van der Waals surface area contributed by atoms with Crippen molar-refractivity contribution in [1.82, 2.24) is 10.2 Å². The Kier molecular flexibility index (Phi) is 8.76. The molecule has 0 aromatic heterocycles. The summed E-state index contributed by atoms with van der Waals surface area (Å²) in [6.07, 6.45) is 1.16. The summed E-state index contributed by atoms with van der Waals surface area (Å²) in [6.45, 7) is 11.3. The third-order valence-electron chi connectivity index (χ3n) is 3.92. The maximum Gasteiger partial charge on any atom is 0.0238 e. The lowest BCUT2D eigenvalue weighted by Crippen LogP contribution is -2.49. The lowest BCUT2D eigenvalue weighted by atomic mass is 9.95. The van der Waals surface area contributed by atoms with E-state index in [0.717, 1.165) is 19.5 Å². The van der Waals surface area contributed by atoms with Crippen molar-refractivity contribution in [1.29, 1.82) is 0 Å². The van der Waals surface area contributed by atoms with E-state index in [2.05, 4.69) is 62.2 Å². The molecule has 0 spiro atoms. The van der Waals surface area contributed by atoms with E-state index in [4.69, 9.17) is 0 Å². The van der Waals surface area contributed by atoms with Gasteiger partial charge in [0.25, 0.3) is 0 Å². The van der Waals surface area contributed by atoms with Gasteiger partial charge in [-0.25, -0.2) is 0 Å². The number of halogens is 2. The van der Waals surface area contributed by atoms with Gasteiger partial charge in [0.15, 0.2) is 0 Å². The summed E-state index contributed by atoms with van der Waals surface area (Å²) in [5, 5.41) is 3.67. The molecule has 1 aromatic carbocycles. The maximum absolute atomic E-state index is 3.67. The Morgan fingerprint density at radius 1 is 1.05 bits per heavy atom. The molecule has 0 saturated heterocycles. The fraction of sp³-hybridized carbons (Fsp3) is 0.625. The molecule has 1 aliphatic heterocycles. The summed E-state index contributed by atoms with van der Waals surface area (Å²) in [5.74, 6) is 0. The second-order valence-electron chi connectivity index (χ2n) is 5.93. The standard InChI is InChI=1S/C16H26N2.2ClH/c1-12(2)18(13(3)4)11-16-9-14-7-5-6-8-15(14)10-17-16;;/h5-8,12-13,16-17H,9-11H2,1-4H3;2*1H/t16-;;/m0../s1. The van der Waals surface area contributed by atoms with Crippen LogP contribution in [0.15, 0.2) is 24.3 Å². The highest BCUT2D eigenvalue weighted by Crippen LogP contribution is 2.18. The summed E-state index contributed by atoms with van der Waals surface area (Å²) in [7, 11) is 0. The summed E-state index contributed by atoms with van der Waals surface area (Å²) in [4.78, 5) is 2.58. The lowest BCUT2D eigenvalue weighted by Gasteiger charge is -2.36. The fourth-order valence-corrected chi connectivity index (χ4v) is 2.92. The summed E-state index contributed by atoms with van der Waals surface area (Å²) < 4.78 is 0. The molecular formula is C16H28Cl2N2. The molecule has 4 heteroatoms. The Labute approximate surface area is 136 Å². The Morgan fingerprint density at radius 2 is 1.60 bits per heavy atom. The smallest absolute Gasteiger partial charge is 0.0238 e. The van der Waals surface area contributed by atoms with Gasteiger partial charge >= 0.3 is 0 Å². The van der Waals surface area contributed by atoms with E-state index in [9.17, 15) is 0 Å². The van der Waals surface area contributed by atoms with Crippen molar-refractivity contribution in [2.45, 2.75) is 58.8 Å². The van der Waals surface area contributed by atoms with Crippen LogP contribution in [0.1, 0.15) is 38.8 Å². The van der Waals surface area contributed by atoms with Crippen LogP contribution in [-0.4, -0.2) is 29.6 Å². The normalized spacial score (nSPS) is 17.6. The van der Waals surface area contributed by atoms with Crippen molar-refractivity contribution in [3.63, 3.8) is 0 Å². The van der Waals surface area contributed by atoms with Crippen LogP contribution in [0.2, 0.25) is 0 Å². The zero-order valence-electron chi connectivity index (χ0n) is 12.9. The maximum atomic E-state index is 3.67. The van der Waals surface area contributed by atoms with Crippen LogP contribution in [0.25, 0.3) is 0 Å². The molecule has 0 bridgehead atoms. The SMILES string of the molecule is CC(C)N(C[C@@H]1Cc2ccccc2CN1)C(C)C.Cl.Cl. The predicted octanol–water partition coefficient (Wildman–Crippen LogP) is 3.66. The minimum atomic E-state index is 0. The van der Waals surface area contributed by atoms with Crippen LogP contribution in [0.5, 0.6) is 0 Å². The molecule has 0 fully saturated rings. The van der Waals surface area contributed by atoms with Crippen molar-refractivity contribution in [2.24, 2.45) is 0 Å². The van der Waals surface area contributed by atoms with Crippen LogP contribution >= 0.6 is 24.8 Å². The van der Waals surface area contributed by atoms with Crippen LogP contribution in [0, 0.1) is 0 Å². The minimum absolute atomic E-state index is 0. The van der Waals surface area contributed by atoms with E-state index in [1.54, 1.807) is 0 Å². The molecule has 0 aliphatic carbocycles. The van der Waals surface area contributed by atoms with Gasteiger partial charge < -0.3 is 5.32 Å². The molecule has 116 valence electrons. The molecule has 0 amide bonds. The minimum Gasteiger partial charge on any atom is -0.308 e. The van der Waals surface area contributed by atoms with Gasteiger partial charge in [-0.15, -0.1) is 24.8 Å². The van der Waals surface area contributed by atoms with Gasteiger partial charge in [0.2, 0.25) is 0 Å². The molecule has 20 heavy (non-hydrogen) atoms. The molecular weight excluding hydrogens is 291 g/mol. The van der Waals surface area contributed by atoms with Crippen LogP contribution in [-0.2, 0) is 13.0 Å². The van der Waals surface area contributed by atoms with Crippen LogP contribution in [0.3, 0.4) is 0 Å². The van der Waals surface area contributed by atoms with E-state index < -0.39 is 0 Å². The monoisotopic (exact) mass is 318 g/mol. The van der Waals surface area contributed by atoms with Gasteiger partial charge in [-0.05, 0) is 45.2 Å². The van der Waals surface area contributed by atoms with Crippen molar-refractivity contribution in [3.05, 3.63) is 35.4 Å². The average Bonchev–Trinajstić information content (AvgIpc) is 2.35. The number of benzene rings is 1. The van der Waals surface area contributed by atoms with E-state index in [1.807, 2.05) is 0 Å². The first-order valence-corrected chi connectivity index (χ1v) is 7.14. The Balaban J connectivity index is 0.00000180. The summed E-state index contributed by atoms with van der Waals surface area (Å²) in [6, 6.07) is 10.6. The first-order valence-electron chi connectivity index (χ1n) is 7.14. The van der Waals surface area contributed by atoms with Gasteiger partial charge in [-0.3, -0.25) is 4.90 Å². The number of fused-ring (bicyclic) bond motifs is 1. The molecule has 0 saturated carbocycles. The molecule has 1 aliphatic rings. The van der Waals surface area contributed by atoms with Crippen LogP contribution in [0.4, 0.5) is 0 Å². The molecule has 2 nitrogen and oxygen atoms in total. The van der Waals surface area contributed by atoms with Gasteiger partial charge in [-0.2, -0.15) is 0 Å². The largest absolute Gasteiger partial charge is 0.308 e. The second kappa shape index (κ2) is 8.89. The van der Waals surface area contributed by atoms with Crippen molar-refractivity contribution < 1.29 is 0 Å². The highest BCUT2D eigenvalue weighted by atomic mass is 35.5. The quantitative estimate of drug-likeness (QED) is 0.911. The molecule has 1 N–H and O–H groups in total. The fourth-order valence-electron chi connectivity index (χ4n) is 2.92. The summed E-state index contributed by atoms with van der Waals surface area (Å²) in [5.41, 5.74) is 2.99. The van der Waals surface area contributed by atoms with Crippen molar-refractivity contribution in [2.75, 3.05) is 6.54 Å². The van der Waals surface area contributed by atoms with E-state index in [1.165, 1.54) is 11.1 Å². The van der Waals surface area contributed by atoms with Gasteiger partial charge in [0, 0.05) is 31.2 Å². The first kappa shape index (κ1) is 19.7. The van der Waals surface area contributed by atoms with Crippen LogP contribution < -0.4 is 5.32 Å². The highest BCUT2D eigenvalue weighted by Gasteiger charge is 2.22. The molecule has 1 atom stereocenters. The zero-order chi connectivity index (χ0) is 13.1. The zero-order valence-corrected chi connectivity index (χ0v) is 14.6. The Hall–Kier alpha value is -0.280. The van der Waals surface area contributed by atoms with E-state index >= 15 is 0 Å². The molecule has 2 rings (SSSR count). The Morgan fingerprint density at radius 3 is 2.15 bits per heavy atom. The highest BCUT2D eigenvalue weighted by molar-refractivity contribution is 5.85. The van der Waals surface area contributed by atoms with Gasteiger partial charge in [0.1, 0.15) is 0 Å². The second-order valence-corrected chi connectivity index (χ2v) is 5.93. The predicted molar refractivity (Wildman–Crippen MR) is 92.2 cm³/mol. The molecule has 0 unspecified atom stereocenters. The van der Waals surface area contributed by atoms with Gasteiger partial charge in [-0.1, -0.05) is 24.3 Å². The number of nitrogens with zero attached hydrogens (tertiary/aromatic N) is 1. The third kappa shape index (κ3) is 4.92. The number of rotatable bonds is 4. The molecule has 1 aromatic rings. The summed E-state index contributed by atoms with van der Waals surface area (Å²) >= 11 is 0. The van der Waals surface area contributed by atoms with Crippen molar-refractivity contribution >= 4 is 24.8 Å². The molecule has 1 heterocycles. The number of nitrogens with one attached hydrogen (secondary N) is 1. The lowest BCUT2D eigenvalue weighted by molar-refractivity contribution is 0.152. The third-order valence-corrected chi connectivity index (χ3v) is 3.92.